The van der Waals surface area contributed by atoms with E-state index in [9.17, 15) is 32.6 Å². The zero-order valence-corrected chi connectivity index (χ0v) is 27.9. The first-order chi connectivity index (χ1) is 24.6. The van der Waals surface area contributed by atoms with Gasteiger partial charge >= 0.3 is 10.2 Å². The van der Waals surface area contributed by atoms with Crippen molar-refractivity contribution < 1.29 is 54.6 Å². The molecule has 0 aliphatic rings. The number of fused-ring (bicyclic) bond motifs is 1. The van der Waals surface area contributed by atoms with Crippen LogP contribution in [0.5, 0.6) is 0 Å². The maximum Gasteiger partial charge on any atom is 0.315 e. The van der Waals surface area contributed by atoms with Crippen molar-refractivity contribution in [2.24, 2.45) is 0 Å². The van der Waals surface area contributed by atoms with Gasteiger partial charge in [0.05, 0.1) is 16.5 Å². The second kappa shape index (κ2) is 12.3. The van der Waals surface area contributed by atoms with E-state index < -0.39 is 83.7 Å². The lowest BCUT2D eigenvalue weighted by Gasteiger charge is -2.40. The molecule has 0 saturated carbocycles. The summed E-state index contributed by atoms with van der Waals surface area (Å²) in [6, 6.07) is 11.4. The van der Waals surface area contributed by atoms with Crippen molar-refractivity contribution in [3.63, 3.8) is 0 Å². The third kappa shape index (κ3) is 7.18. The molecule has 6 aromatic rings. The first-order valence-corrected chi connectivity index (χ1v) is 17.3. The summed E-state index contributed by atoms with van der Waals surface area (Å²) in [6.45, 7) is 3.19. The molecule has 0 aliphatic heterocycles. The Kier molecular flexibility index (Phi) is 8.69. The third-order valence-electron chi connectivity index (χ3n) is 8.34. The minimum atomic E-state index is -10.8. The van der Waals surface area contributed by atoms with Gasteiger partial charge in [0.15, 0.2) is 4.90 Å². The fourth-order valence-corrected chi connectivity index (χ4v) is 6.86. The maximum atomic E-state index is 15.5. The zero-order valence-electron chi connectivity index (χ0n) is 27.0. The Morgan fingerprint density at radius 2 is 1.11 bits per heavy atom. The van der Waals surface area contributed by atoms with Crippen LogP contribution in [-0.2, 0) is 6.42 Å². The second-order valence-corrected chi connectivity index (χ2v) is 14.5. The van der Waals surface area contributed by atoms with Gasteiger partial charge < -0.3 is 0 Å². The topological polar surface area (TPSA) is 0 Å². The number of aryl methyl sites for hydroxylation is 2. The average molecular weight is 769 g/mol. The monoisotopic (exact) mass is 768 g/mol. The van der Waals surface area contributed by atoms with Gasteiger partial charge in [0.2, 0.25) is 0 Å². The van der Waals surface area contributed by atoms with E-state index in [1.807, 2.05) is 0 Å². The average Bonchev–Trinajstić information content (AvgIpc) is 3.01. The standard InChI is InChI=1S/C39H21F13S/c1-3-21-13-25(37-33(44)18-24-10-19(2)11-32(43)36(24)38(37)47)17-31(42)26(21)7-4-20-5-8-27(29(40)12-20)22-6-9-28(30(41)14-22)23-15-34(45)39(35(46)16-23)53(48,49,50,51)52/h5-6,8-18H,3H2,1-2H3. The fraction of sp³-hybridized carbons (Fsp3) is 0.0769. The van der Waals surface area contributed by atoms with Gasteiger partial charge in [-0.2, -0.15) is 0 Å². The Bertz CT molecular complexity index is 2560. The molecule has 6 aromatic carbocycles. The van der Waals surface area contributed by atoms with Gasteiger partial charge in [-0.05, 0) is 101 Å². The van der Waals surface area contributed by atoms with Crippen molar-refractivity contribution in [3.05, 3.63) is 148 Å². The van der Waals surface area contributed by atoms with Crippen LogP contribution in [0.2, 0.25) is 0 Å². The summed E-state index contributed by atoms with van der Waals surface area (Å²) in [5, 5.41) is -0.469. The van der Waals surface area contributed by atoms with Gasteiger partial charge in [0.25, 0.3) is 0 Å². The summed E-state index contributed by atoms with van der Waals surface area (Å²) >= 11 is 0. The highest BCUT2D eigenvalue weighted by Gasteiger charge is 2.69. The number of benzene rings is 6. The summed E-state index contributed by atoms with van der Waals surface area (Å²) in [5.74, 6) is -6.51. The summed E-state index contributed by atoms with van der Waals surface area (Å²) in [4.78, 5) is -3.36. The van der Waals surface area contributed by atoms with Crippen LogP contribution >= 0.6 is 10.2 Å². The van der Waals surface area contributed by atoms with E-state index in [2.05, 4.69) is 11.8 Å². The molecule has 0 radical (unpaired) electrons. The summed E-state index contributed by atoms with van der Waals surface area (Å²) in [6.07, 6.45) is 0.146. The quantitative estimate of drug-likeness (QED) is 0.121. The Balaban J connectivity index is 1.30. The molecule has 0 fully saturated rings. The van der Waals surface area contributed by atoms with E-state index in [-0.39, 0.29) is 57.3 Å². The number of rotatable bonds is 5. The zero-order chi connectivity index (χ0) is 38.8. The van der Waals surface area contributed by atoms with Gasteiger partial charge in [-0.3, -0.25) is 0 Å². The van der Waals surface area contributed by atoms with Crippen LogP contribution in [0, 0.1) is 65.3 Å². The highest BCUT2D eigenvalue weighted by atomic mass is 32.5. The largest absolute Gasteiger partial charge is 0.315 e. The van der Waals surface area contributed by atoms with Crippen molar-refractivity contribution in [3.8, 4) is 45.2 Å². The fourth-order valence-electron chi connectivity index (χ4n) is 6.01. The summed E-state index contributed by atoms with van der Waals surface area (Å²) < 4.78 is 185. The smallest absolute Gasteiger partial charge is 0.206 e. The SMILES string of the molecule is CCc1cc(-c2c(F)cc3cc(C)cc(F)c3c2F)cc(F)c1C#Cc1ccc(-c2ccc(-c3cc(F)c(S(F)(F)(F)(F)F)c(F)c3)c(F)c2)c(F)c1. The van der Waals surface area contributed by atoms with Crippen molar-refractivity contribution in [2.45, 2.75) is 25.2 Å². The predicted octanol–water partition coefficient (Wildman–Crippen LogP) is 13.9. The lowest BCUT2D eigenvalue weighted by atomic mass is 9.94. The predicted molar refractivity (Wildman–Crippen MR) is 178 cm³/mol. The molecule has 14 heteroatoms. The molecular formula is C39H21F13S. The molecule has 0 unspecified atom stereocenters. The molecule has 0 nitrogen and oxygen atoms in total. The first-order valence-electron chi connectivity index (χ1n) is 15.3. The van der Waals surface area contributed by atoms with Crippen LogP contribution in [0.25, 0.3) is 44.2 Å². The molecule has 0 amide bonds. The molecule has 0 spiro atoms. The molecule has 6 rings (SSSR count). The van der Waals surface area contributed by atoms with E-state index in [1.54, 1.807) is 13.8 Å². The molecule has 0 N–H and O–H groups in total. The molecule has 0 aliphatic carbocycles. The summed E-state index contributed by atoms with van der Waals surface area (Å²) in [5.41, 5.74) is -2.17. The van der Waals surface area contributed by atoms with E-state index in [0.29, 0.717) is 11.6 Å². The molecule has 0 heterocycles. The van der Waals surface area contributed by atoms with Crippen molar-refractivity contribution >= 4 is 21.0 Å². The van der Waals surface area contributed by atoms with Gasteiger partial charge in [0.1, 0.15) is 46.5 Å². The van der Waals surface area contributed by atoms with E-state index in [1.165, 1.54) is 24.3 Å². The lowest BCUT2D eigenvalue weighted by molar-refractivity contribution is 0.345. The number of hydrogen-bond acceptors (Lipinski definition) is 0. The minimum absolute atomic E-state index is 0.00981. The highest BCUT2D eigenvalue weighted by molar-refractivity contribution is 8.45. The van der Waals surface area contributed by atoms with Crippen LogP contribution in [0.15, 0.2) is 83.8 Å². The maximum absolute atomic E-state index is 15.5. The Hall–Kier alpha value is -5.42. The third-order valence-corrected chi connectivity index (χ3v) is 9.50. The highest BCUT2D eigenvalue weighted by Crippen LogP contribution is 3.02. The van der Waals surface area contributed by atoms with Crippen molar-refractivity contribution in [1.82, 2.24) is 0 Å². The Morgan fingerprint density at radius 1 is 0.528 bits per heavy atom. The molecule has 0 bridgehead atoms. The number of halogens is 13. The van der Waals surface area contributed by atoms with Gasteiger partial charge in [-0.15, -0.1) is 0 Å². The van der Waals surface area contributed by atoms with Crippen molar-refractivity contribution in [1.29, 1.82) is 0 Å². The summed E-state index contributed by atoms with van der Waals surface area (Å²) in [7, 11) is -10.8. The molecule has 53 heavy (non-hydrogen) atoms. The van der Waals surface area contributed by atoms with Gasteiger partial charge in [-0.1, -0.05) is 62.5 Å². The molecule has 0 saturated heterocycles. The van der Waals surface area contributed by atoms with Crippen LogP contribution < -0.4 is 0 Å². The number of hydrogen-bond donors (Lipinski definition) is 0. The van der Waals surface area contributed by atoms with E-state index in [0.717, 1.165) is 36.4 Å². The Morgan fingerprint density at radius 3 is 1.72 bits per heavy atom. The van der Waals surface area contributed by atoms with Gasteiger partial charge in [-0.25, -0.2) is 35.1 Å². The first kappa shape index (κ1) is 37.3. The van der Waals surface area contributed by atoms with Crippen LogP contribution in [0.4, 0.5) is 54.6 Å². The molecule has 0 aromatic heterocycles. The second-order valence-electron chi connectivity index (χ2n) is 12.1. The van der Waals surface area contributed by atoms with Crippen LogP contribution in [-0.4, -0.2) is 0 Å². The van der Waals surface area contributed by atoms with Gasteiger partial charge in [0, 0.05) is 16.7 Å². The molecule has 0 atom stereocenters. The van der Waals surface area contributed by atoms with Crippen LogP contribution in [0.3, 0.4) is 0 Å². The normalized spacial score (nSPS) is 13.0. The van der Waals surface area contributed by atoms with Crippen LogP contribution in [0.1, 0.15) is 29.2 Å². The Labute approximate surface area is 293 Å². The molecular weight excluding hydrogens is 747 g/mol. The van der Waals surface area contributed by atoms with E-state index >= 15 is 22.0 Å². The minimum Gasteiger partial charge on any atom is -0.206 e. The lowest BCUT2D eigenvalue weighted by Crippen LogP contribution is -2.11. The van der Waals surface area contributed by atoms with Crippen molar-refractivity contribution in [2.75, 3.05) is 0 Å². The molecule has 274 valence electrons. The van der Waals surface area contributed by atoms with E-state index in [4.69, 9.17) is 0 Å².